The third-order valence-corrected chi connectivity index (χ3v) is 7.12. The number of hydrogen-bond donors (Lipinski definition) is 2. The molecule has 1 saturated heterocycles. The first-order valence-electron chi connectivity index (χ1n) is 10.6. The van der Waals surface area contributed by atoms with Gasteiger partial charge in [0.15, 0.2) is 0 Å². The number of rotatable bonds is 2. The van der Waals surface area contributed by atoms with Crippen LogP contribution in [-0.4, -0.2) is 58.6 Å². The van der Waals surface area contributed by atoms with Crippen molar-refractivity contribution >= 4 is 17.7 Å². The zero-order chi connectivity index (χ0) is 20.6. The second-order valence-electron chi connectivity index (χ2n) is 8.53. The van der Waals surface area contributed by atoms with Crippen LogP contribution in [0.5, 0.6) is 0 Å². The fourth-order valence-corrected chi connectivity index (χ4v) is 5.48. The fraction of sp³-hybridized carbons (Fsp3) is 0.591. The van der Waals surface area contributed by atoms with E-state index in [1.165, 1.54) is 0 Å². The predicted octanol–water partition coefficient (Wildman–Crippen LogP) is 3.16. The molecule has 1 saturated carbocycles. The van der Waals surface area contributed by atoms with Crippen molar-refractivity contribution < 1.29 is 14.7 Å². The number of carbonyl (C=O) groups is 2. The van der Waals surface area contributed by atoms with E-state index in [1.807, 2.05) is 6.07 Å². The highest BCUT2D eigenvalue weighted by Gasteiger charge is 2.49. The number of carboxylic acid groups (broad SMARTS) is 1. The molecule has 7 nitrogen and oxygen atoms in total. The number of anilines is 1. The molecule has 3 aliphatic rings. The molecule has 0 radical (unpaired) electrons. The van der Waals surface area contributed by atoms with Crippen molar-refractivity contribution in [3.63, 3.8) is 0 Å². The minimum atomic E-state index is -0.822. The van der Waals surface area contributed by atoms with Gasteiger partial charge in [-0.3, -0.25) is 9.69 Å². The van der Waals surface area contributed by atoms with E-state index in [0.717, 1.165) is 62.9 Å². The normalized spacial score (nSPS) is 29.8. The molecule has 2 amide bonds. The number of hydrogen-bond acceptors (Lipinski definition) is 4. The molecule has 2 aliphatic heterocycles. The maximum absolute atomic E-state index is 12.9. The molecule has 2 fully saturated rings. The molecule has 1 aromatic carbocycles. The van der Waals surface area contributed by atoms with Crippen LogP contribution in [0, 0.1) is 11.3 Å². The number of amides is 2. The van der Waals surface area contributed by atoms with E-state index in [2.05, 4.69) is 23.2 Å². The number of benzene rings is 1. The van der Waals surface area contributed by atoms with E-state index in [4.69, 9.17) is 5.26 Å². The van der Waals surface area contributed by atoms with E-state index < -0.39 is 11.5 Å². The number of nitrogens with one attached hydrogen (secondary N) is 1. The maximum atomic E-state index is 12.9. The molecule has 4 rings (SSSR count). The summed E-state index contributed by atoms with van der Waals surface area (Å²) < 4.78 is 0. The number of carbonyl (C=O) groups excluding carboxylic acids is 1. The van der Waals surface area contributed by atoms with Gasteiger partial charge < -0.3 is 15.3 Å². The molecule has 1 aromatic rings. The van der Waals surface area contributed by atoms with Gasteiger partial charge in [-0.1, -0.05) is 13.0 Å². The van der Waals surface area contributed by atoms with Crippen LogP contribution < -0.4 is 5.32 Å². The summed E-state index contributed by atoms with van der Waals surface area (Å²) in [5, 5.41) is 21.6. The molecule has 1 unspecified atom stereocenters. The Hall–Kier alpha value is -2.59. The third kappa shape index (κ3) is 3.36. The molecule has 2 heterocycles. The van der Waals surface area contributed by atoms with Crippen LogP contribution in [0.15, 0.2) is 18.2 Å². The van der Waals surface area contributed by atoms with Gasteiger partial charge in [0.05, 0.1) is 17.0 Å². The quantitative estimate of drug-likeness (QED) is 0.800. The SMILES string of the molecule is CCC1CN(C2CCC3(CC2)C(=O)Nc2cc(C#N)ccc23)CCCN1C(=O)O. The number of nitrogens with zero attached hydrogens (tertiary/aromatic N) is 3. The molecular weight excluding hydrogens is 368 g/mol. The summed E-state index contributed by atoms with van der Waals surface area (Å²) in [5.74, 6) is 0.0559. The van der Waals surface area contributed by atoms with Crippen LogP contribution in [0.25, 0.3) is 0 Å². The number of nitriles is 1. The fourth-order valence-electron chi connectivity index (χ4n) is 5.48. The van der Waals surface area contributed by atoms with Crippen molar-refractivity contribution in [1.29, 1.82) is 5.26 Å². The molecule has 1 atom stereocenters. The second kappa shape index (κ2) is 7.68. The Labute approximate surface area is 171 Å². The molecule has 29 heavy (non-hydrogen) atoms. The van der Waals surface area contributed by atoms with Gasteiger partial charge in [0.2, 0.25) is 5.91 Å². The van der Waals surface area contributed by atoms with Crippen molar-refractivity contribution in [2.75, 3.05) is 25.0 Å². The van der Waals surface area contributed by atoms with Crippen LogP contribution in [0.2, 0.25) is 0 Å². The highest BCUT2D eigenvalue weighted by Crippen LogP contribution is 2.48. The first-order valence-corrected chi connectivity index (χ1v) is 10.6. The lowest BCUT2D eigenvalue weighted by Gasteiger charge is -2.41. The van der Waals surface area contributed by atoms with Gasteiger partial charge in [0, 0.05) is 37.4 Å². The molecule has 154 valence electrons. The lowest BCUT2D eigenvalue weighted by molar-refractivity contribution is -0.122. The Balaban J connectivity index is 1.48. The minimum Gasteiger partial charge on any atom is -0.465 e. The minimum absolute atomic E-state index is 0.0331. The third-order valence-electron chi connectivity index (χ3n) is 7.12. The molecule has 1 aliphatic carbocycles. The van der Waals surface area contributed by atoms with Crippen LogP contribution >= 0.6 is 0 Å². The molecule has 2 N–H and O–H groups in total. The van der Waals surface area contributed by atoms with Gasteiger partial charge in [0.1, 0.15) is 0 Å². The van der Waals surface area contributed by atoms with E-state index in [-0.39, 0.29) is 11.9 Å². The van der Waals surface area contributed by atoms with Crippen molar-refractivity contribution in [2.45, 2.75) is 62.9 Å². The largest absolute Gasteiger partial charge is 0.465 e. The molecule has 7 heteroatoms. The van der Waals surface area contributed by atoms with E-state index in [1.54, 1.807) is 17.0 Å². The standard InChI is InChI=1S/C22H28N4O3/c1-2-16-14-25(10-3-11-26(16)21(28)29)17-6-8-22(9-7-17)18-5-4-15(13-23)12-19(18)24-20(22)27/h4-5,12,16-17H,2-3,6-11,14H2,1H3,(H,24,27)(H,28,29). The monoisotopic (exact) mass is 396 g/mol. The lowest BCUT2D eigenvalue weighted by Crippen LogP contribution is -2.49. The zero-order valence-corrected chi connectivity index (χ0v) is 16.9. The Morgan fingerprint density at radius 3 is 2.76 bits per heavy atom. The molecule has 0 bridgehead atoms. The summed E-state index contributed by atoms with van der Waals surface area (Å²) in [4.78, 5) is 28.5. The average molecular weight is 396 g/mol. The summed E-state index contributed by atoms with van der Waals surface area (Å²) in [5.41, 5.74) is 1.89. The van der Waals surface area contributed by atoms with Gasteiger partial charge >= 0.3 is 6.09 Å². The van der Waals surface area contributed by atoms with Gasteiger partial charge in [-0.05, 0) is 56.2 Å². The Bertz CT molecular complexity index is 854. The second-order valence-corrected chi connectivity index (χ2v) is 8.53. The summed E-state index contributed by atoms with van der Waals surface area (Å²) in [7, 11) is 0. The average Bonchev–Trinajstić information content (AvgIpc) is 2.87. The van der Waals surface area contributed by atoms with Crippen molar-refractivity contribution in [2.24, 2.45) is 0 Å². The number of fused-ring (bicyclic) bond motifs is 2. The zero-order valence-electron chi connectivity index (χ0n) is 16.9. The highest BCUT2D eigenvalue weighted by molar-refractivity contribution is 6.06. The van der Waals surface area contributed by atoms with Crippen LogP contribution in [0.3, 0.4) is 0 Å². The van der Waals surface area contributed by atoms with Gasteiger partial charge in [-0.2, -0.15) is 5.26 Å². The van der Waals surface area contributed by atoms with E-state index in [9.17, 15) is 14.7 Å². The first-order chi connectivity index (χ1) is 14.0. The molecule has 1 spiro atoms. The summed E-state index contributed by atoms with van der Waals surface area (Å²) in [6, 6.07) is 8.07. The highest BCUT2D eigenvalue weighted by atomic mass is 16.4. The molecule has 0 aromatic heterocycles. The molecular formula is C22H28N4O3. The smallest absolute Gasteiger partial charge is 0.407 e. The summed E-state index contributed by atoms with van der Waals surface area (Å²) in [6.45, 7) is 4.33. The van der Waals surface area contributed by atoms with Crippen molar-refractivity contribution in [3.05, 3.63) is 29.3 Å². The predicted molar refractivity (Wildman–Crippen MR) is 109 cm³/mol. The van der Waals surface area contributed by atoms with Gasteiger partial charge in [0.25, 0.3) is 0 Å². The van der Waals surface area contributed by atoms with E-state index >= 15 is 0 Å². The van der Waals surface area contributed by atoms with Crippen LogP contribution in [0.4, 0.5) is 10.5 Å². The summed E-state index contributed by atoms with van der Waals surface area (Å²) in [6.07, 6.45) is 4.28. The lowest BCUT2D eigenvalue weighted by atomic mass is 9.68. The maximum Gasteiger partial charge on any atom is 0.407 e. The topological polar surface area (TPSA) is 96.7 Å². The van der Waals surface area contributed by atoms with Crippen LogP contribution in [-0.2, 0) is 10.2 Å². The van der Waals surface area contributed by atoms with Gasteiger partial charge in [-0.25, -0.2) is 4.79 Å². The first kappa shape index (κ1) is 19.7. The van der Waals surface area contributed by atoms with E-state index in [0.29, 0.717) is 18.2 Å². The van der Waals surface area contributed by atoms with Crippen molar-refractivity contribution in [3.8, 4) is 6.07 Å². The van der Waals surface area contributed by atoms with Crippen LogP contribution in [0.1, 0.15) is 56.6 Å². The Morgan fingerprint density at radius 1 is 1.34 bits per heavy atom. The summed E-state index contributed by atoms with van der Waals surface area (Å²) >= 11 is 0. The van der Waals surface area contributed by atoms with Crippen molar-refractivity contribution in [1.82, 2.24) is 9.80 Å². The Morgan fingerprint density at radius 2 is 2.10 bits per heavy atom. The Kier molecular flexibility index (Phi) is 5.22. The van der Waals surface area contributed by atoms with Gasteiger partial charge in [-0.15, -0.1) is 0 Å².